The van der Waals surface area contributed by atoms with Crippen LogP contribution in [0.15, 0.2) is 24.3 Å². The van der Waals surface area contributed by atoms with Gasteiger partial charge in [0, 0.05) is 12.3 Å². The summed E-state index contributed by atoms with van der Waals surface area (Å²) in [7, 11) is 0. The van der Waals surface area contributed by atoms with Gasteiger partial charge in [0.15, 0.2) is 0 Å². The fourth-order valence-corrected chi connectivity index (χ4v) is 4.15. The van der Waals surface area contributed by atoms with Crippen molar-refractivity contribution >= 4 is 5.97 Å². The zero-order valence-electron chi connectivity index (χ0n) is 15.5. The zero-order chi connectivity index (χ0) is 18.1. The van der Waals surface area contributed by atoms with E-state index in [9.17, 15) is 9.90 Å². The first-order chi connectivity index (χ1) is 12.1. The Morgan fingerprint density at radius 2 is 2.12 bits per heavy atom. The summed E-state index contributed by atoms with van der Waals surface area (Å²) in [6, 6.07) is 0. The fraction of sp³-hybridized carbons (Fsp3) is 0.762. The Bertz CT molecular complexity index is 457. The van der Waals surface area contributed by atoms with Crippen LogP contribution in [-0.4, -0.2) is 35.0 Å². The second-order valence-electron chi connectivity index (χ2n) is 7.55. The molecular weight excluding hydrogens is 316 g/mol. The topological polar surface area (TPSA) is 66.8 Å². The molecule has 0 spiro atoms. The van der Waals surface area contributed by atoms with Crippen LogP contribution in [0.2, 0.25) is 0 Å². The van der Waals surface area contributed by atoms with Crippen LogP contribution in [0.4, 0.5) is 0 Å². The van der Waals surface area contributed by atoms with Crippen LogP contribution >= 0.6 is 0 Å². The molecule has 0 unspecified atom stereocenters. The molecule has 142 valence electrons. The molecule has 1 saturated carbocycles. The van der Waals surface area contributed by atoms with Crippen LogP contribution < -0.4 is 0 Å². The number of fused-ring (bicyclic) bond motifs is 2. The van der Waals surface area contributed by atoms with E-state index in [4.69, 9.17) is 9.84 Å². The summed E-state index contributed by atoms with van der Waals surface area (Å²) < 4.78 is 5.87. The van der Waals surface area contributed by atoms with Crippen molar-refractivity contribution in [2.75, 3.05) is 6.61 Å². The number of unbranched alkanes of at least 4 members (excludes halogenated alkanes) is 3. The molecule has 4 heteroatoms. The summed E-state index contributed by atoms with van der Waals surface area (Å²) in [6.07, 6.45) is 16.7. The number of carbonyl (C=O) groups is 1. The summed E-state index contributed by atoms with van der Waals surface area (Å²) >= 11 is 0. The summed E-state index contributed by atoms with van der Waals surface area (Å²) in [5.74, 6) is 0.902. The molecular formula is C21H34O4. The maximum Gasteiger partial charge on any atom is 0.303 e. The minimum Gasteiger partial charge on any atom is -0.481 e. The van der Waals surface area contributed by atoms with Crippen molar-refractivity contribution in [1.82, 2.24) is 0 Å². The van der Waals surface area contributed by atoms with E-state index in [0.29, 0.717) is 30.3 Å². The van der Waals surface area contributed by atoms with E-state index in [-0.39, 0.29) is 12.5 Å². The largest absolute Gasteiger partial charge is 0.481 e. The average molecular weight is 350 g/mol. The van der Waals surface area contributed by atoms with Crippen molar-refractivity contribution in [1.29, 1.82) is 0 Å². The molecule has 0 aromatic heterocycles. The minimum absolute atomic E-state index is 0.244. The second kappa shape index (κ2) is 10.8. The molecule has 25 heavy (non-hydrogen) atoms. The number of allylic oxidation sites excluding steroid dienone is 2. The highest BCUT2D eigenvalue weighted by atomic mass is 16.5. The first-order valence-corrected chi connectivity index (χ1v) is 9.96. The summed E-state index contributed by atoms with van der Waals surface area (Å²) in [6.45, 7) is 3.04. The van der Waals surface area contributed by atoms with Crippen LogP contribution in [0, 0.1) is 17.8 Å². The maximum atomic E-state index is 10.5. The van der Waals surface area contributed by atoms with Gasteiger partial charge < -0.3 is 14.9 Å². The van der Waals surface area contributed by atoms with E-state index in [1.807, 2.05) is 6.08 Å². The van der Waals surface area contributed by atoms with Gasteiger partial charge >= 0.3 is 5.97 Å². The van der Waals surface area contributed by atoms with E-state index < -0.39 is 5.97 Å². The summed E-state index contributed by atoms with van der Waals surface area (Å²) in [5, 5.41) is 18.8. The predicted octanol–water partition coefficient (Wildman–Crippen LogP) is 4.34. The van der Waals surface area contributed by atoms with Crippen molar-refractivity contribution in [3.63, 3.8) is 0 Å². The van der Waals surface area contributed by atoms with Crippen molar-refractivity contribution in [3.8, 4) is 0 Å². The van der Waals surface area contributed by atoms with Crippen molar-refractivity contribution < 1.29 is 19.7 Å². The van der Waals surface area contributed by atoms with Crippen LogP contribution in [0.1, 0.15) is 64.7 Å². The van der Waals surface area contributed by atoms with E-state index in [1.54, 1.807) is 0 Å². The Kier molecular flexibility index (Phi) is 8.70. The smallest absolute Gasteiger partial charge is 0.303 e. The van der Waals surface area contributed by atoms with Gasteiger partial charge in [0.2, 0.25) is 0 Å². The molecule has 1 aliphatic heterocycles. The van der Waals surface area contributed by atoms with E-state index >= 15 is 0 Å². The first-order valence-electron chi connectivity index (χ1n) is 9.96. The second-order valence-corrected chi connectivity index (χ2v) is 7.55. The van der Waals surface area contributed by atoms with Crippen LogP contribution in [0.5, 0.6) is 0 Å². The fourth-order valence-electron chi connectivity index (χ4n) is 4.15. The number of ether oxygens (including phenoxy) is 1. The van der Waals surface area contributed by atoms with Gasteiger partial charge in [0.1, 0.15) is 0 Å². The highest BCUT2D eigenvalue weighted by Crippen LogP contribution is 2.47. The number of hydrogen-bond donors (Lipinski definition) is 2. The molecule has 0 amide bonds. The Labute approximate surface area is 152 Å². The van der Waals surface area contributed by atoms with Gasteiger partial charge in [0.25, 0.3) is 0 Å². The standard InChI is InChI=1S/C21H34O4/c1-2-3-6-9-17(22)12-13-19-18(16-14-20(19)25-15-16)10-7-4-5-8-11-21(23)24/h4,7,12-13,16-20,22H,2-3,5-6,8-11,14-15H2,1H3,(H,23,24)/b7-4-,13-12+/t16-,17-,18-,19+,20-/m0/s1. The van der Waals surface area contributed by atoms with E-state index in [0.717, 1.165) is 38.7 Å². The quantitative estimate of drug-likeness (QED) is 0.406. The predicted molar refractivity (Wildman–Crippen MR) is 99.4 cm³/mol. The molecule has 1 aliphatic carbocycles. The lowest BCUT2D eigenvalue weighted by atomic mass is 9.84. The van der Waals surface area contributed by atoms with Crippen molar-refractivity contribution in [3.05, 3.63) is 24.3 Å². The lowest BCUT2D eigenvalue weighted by Crippen LogP contribution is -2.27. The van der Waals surface area contributed by atoms with Gasteiger partial charge in [-0.15, -0.1) is 0 Å². The minimum atomic E-state index is -0.721. The third-order valence-electron chi connectivity index (χ3n) is 5.58. The molecule has 1 heterocycles. The number of aliphatic hydroxyl groups excluding tert-OH is 1. The van der Waals surface area contributed by atoms with Gasteiger partial charge in [-0.1, -0.05) is 50.5 Å². The third kappa shape index (κ3) is 6.59. The molecule has 2 fully saturated rings. The van der Waals surface area contributed by atoms with Gasteiger partial charge in [0.05, 0.1) is 18.8 Å². The highest BCUT2D eigenvalue weighted by molar-refractivity contribution is 5.66. The summed E-state index contributed by atoms with van der Waals surface area (Å²) in [4.78, 5) is 10.5. The van der Waals surface area contributed by atoms with Crippen molar-refractivity contribution in [2.45, 2.75) is 76.9 Å². The molecule has 0 aromatic rings. The average Bonchev–Trinajstić information content (AvgIpc) is 3.17. The van der Waals surface area contributed by atoms with E-state index in [1.165, 1.54) is 12.8 Å². The first kappa shape index (κ1) is 20.2. The normalized spacial score (nSPS) is 29.8. The third-order valence-corrected chi connectivity index (χ3v) is 5.58. The van der Waals surface area contributed by atoms with Crippen LogP contribution in [0.3, 0.4) is 0 Å². The number of aliphatic carboxylic acids is 1. The molecule has 5 atom stereocenters. The Morgan fingerprint density at radius 3 is 2.88 bits per heavy atom. The molecule has 2 aliphatic rings. The number of hydrogen-bond acceptors (Lipinski definition) is 3. The Morgan fingerprint density at radius 1 is 1.28 bits per heavy atom. The van der Waals surface area contributed by atoms with E-state index in [2.05, 4.69) is 25.2 Å². The van der Waals surface area contributed by atoms with Gasteiger partial charge in [-0.3, -0.25) is 4.79 Å². The van der Waals surface area contributed by atoms with Gasteiger partial charge in [-0.25, -0.2) is 0 Å². The lowest BCUT2D eigenvalue weighted by molar-refractivity contribution is -0.137. The zero-order valence-corrected chi connectivity index (χ0v) is 15.5. The lowest BCUT2D eigenvalue weighted by Gasteiger charge is -2.28. The molecule has 2 N–H and O–H groups in total. The Hall–Kier alpha value is -1.13. The SMILES string of the molecule is CCCCC[C@H](O)/C=C/[C@@H]1[C@@H](C/C=C\CCCC(=O)O)[C@@H]2CO[C@H]1C2. The van der Waals surface area contributed by atoms with Crippen molar-refractivity contribution in [2.24, 2.45) is 17.8 Å². The summed E-state index contributed by atoms with van der Waals surface area (Å²) in [5.41, 5.74) is 0. The molecule has 1 saturated heterocycles. The molecule has 4 nitrogen and oxygen atoms in total. The Balaban J connectivity index is 1.78. The maximum absolute atomic E-state index is 10.5. The molecule has 2 rings (SSSR count). The number of carboxylic acid groups (broad SMARTS) is 1. The highest BCUT2D eigenvalue weighted by Gasteiger charge is 2.46. The molecule has 0 aromatic carbocycles. The molecule has 2 bridgehead atoms. The number of carboxylic acids is 1. The van der Waals surface area contributed by atoms with Gasteiger partial charge in [-0.2, -0.15) is 0 Å². The van der Waals surface area contributed by atoms with Crippen LogP contribution in [-0.2, 0) is 9.53 Å². The number of aliphatic hydroxyl groups is 1. The van der Waals surface area contributed by atoms with Crippen LogP contribution in [0.25, 0.3) is 0 Å². The monoisotopic (exact) mass is 350 g/mol. The number of rotatable bonds is 12. The molecule has 0 radical (unpaired) electrons. The van der Waals surface area contributed by atoms with Gasteiger partial charge in [-0.05, 0) is 43.9 Å².